The van der Waals surface area contributed by atoms with Gasteiger partial charge in [-0.15, -0.1) is 0 Å². The summed E-state index contributed by atoms with van der Waals surface area (Å²) in [5, 5.41) is 1.94. The predicted octanol–water partition coefficient (Wildman–Crippen LogP) is 3.05. The largest absolute Gasteiger partial charge is 0.384 e. The second-order valence-electron chi connectivity index (χ2n) is 5.25. The molecule has 3 heteroatoms. The first-order chi connectivity index (χ1) is 7.88. The maximum atomic E-state index is 12.1. The zero-order chi connectivity index (χ0) is 12.6. The number of pyridine rings is 1. The van der Waals surface area contributed by atoms with Gasteiger partial charge in [-0.05, 0) is 17.5 Å². The Hall–Kier alpha value is -1.90. The number of rotatable bonds is 1. The number of anilines is 1. The molecule has 1 aromatic carbocycles. The van der Waals surface area contributed by atoms with Gasteiger partial charge in [-0.25, -0.2) is 4.98 Å². The molecule has 1 aromatic heterocycles. The van der Waals surface area contributed by atoms with Crippen molar-refractivity contribution in [3.63, 3.8) is 0 Å². The molecule has 0 atom stereocenters. The normalized spacial score (nSPS) is 11.7. The van der Waals surface area contributed by atoms with Crippen LogP contribution in [0.5, 0.6) is 0 Å². The monoisotopic (exact) mass is 228 g/mol. The van der Waals surface area contributed by atoms with Gasteiger partial charge < -0.3 is 5.73 Å². The van der Waals surface area contributed by atoms with Crippen LogP contribution >= 0.6 is 0 Å². The lowest BCUT2D eigenvalue weighted by Gasteiger charge is -2.16. The average molecular weight is 228 g/mol. The van der Waals surface area contributed by atoms with E-state index in [1.807, 2.05) is 39.0 Å². The van der Waals surface area contributed by atoms with Crippen molar-refractivity contribution in [3.8, 4) is 0 Å². The summed E-state index contributed by atoms with van der Waals surface area (Å²) < 4.78 is 0. The summed E-state index contributed by atoms with van der Waals surface area (Å²) in [6.07, 6.45) is 1.72. The van der Waals surface area contributed by atoms with Crippen molar-refractivity contribution < 1.29 is 4.79 Å². The van der Waals surface area contributed by atoms with Crippen molar-refractivity contribution in [2.75, 3.05) is 5.73 Å². The highest BCUT2D eigenvalue weighted by atomic mass is 16.1. The summed E-state index contributed by atoms with van der Waals surface area (Å²) in [7, 11) is 0. The summed E-state index contributed by atoms with van der Waals surface area (Å²) in [5.74, 6) is 0.604. The first-order valence-electron chi connectivity index (χ1n) is 5.58. The number of benzene rings is 1. The molecule has 2 N–H and O–H groups in total. The molecule has 0 radical (unpaired) electrons. The van der Waals surface area contributed by atoms with Gasteiger partial charge in [-0.2, -0.15) is 0 Å². The van der Waals surface area contributed by atoms with Crippen LogP contribution in [0.15, 0.2) is 30.5 Å². The molecule has 0 bridgehead atoms. The third-order valence-corrected chi connectivity index (χ3v) is 2.69. The second kappa shape index (κ2) is 3.84. The first kappa shape index (κ1) is 11.6. The number of nitrogens with two attached hydrogens (primary N) is 1. The van der Waals surface area contributed by atoms with E-state index in [1.165, 1.54) is 0 Å². The molecule has 2 aromatic rings. The van der Waals surface area contributed by atoms with E-state index < -0.39 is 0 Å². The fourth-order valence-corrected chi connectivity index (χ4v) is 1.73. The number of nitrogen functional groups attached to an aromatic ring is 1. The zero-order valence-electron chi connectivity index (χ0n) is 10.3. The van der Waals surface area contributed by atoms with E-state index in [1.54, 1.807) is 12.3 Å². The number of carbonyl (C=O) groups is 1. The fourth-order valence-electron chi connectivity index (χ4n) is 1.73. The van der Waals surface area contributed by atoms with Gasteiger partial charge in [0, 0.05) is 22.6 Å². The second-order valence-corrected chi connectivity index (χ2v) is 5.25. The molecule has 2 rings (SSSR count). The average Bonchev–Trinajstić information content (AvgIpc) is 2.25. The number of Topliss-reactive ketones (excluding diaryl/α,β-unsaturated/α-hetero) is 1. The number of hydrogen-bond acceptors (Lipinski definition) is 3. The van der Waals surface area contributed by atoms with Crippen LogP contribution in [0, 0.1) is 5.41 Å². The Bertz CT molecular complexity index is 582. The van der Waals surface area contributed by atoms with E-state index in [4.69, 9.17) is 5.73 Å². The number of nitrogens with zero attached hydrogens (tertiary/aromatic N) is 1. The topological polar surface area (TPSA) is 56.0 Å². The van der Waals surface area contributed by atoms with Crippen molar-refractivity contribution in [3.05, 3.63) is 36.0 Å². The predicted molar refractivity (Wildman–Crippen MR) is 69.9 cm³/mol. The van der Waals surface area contributed by atoms with E-state index in [0.717, 1.165) is 16.3 Å². The fraction of sp³-hybridized carbons (Fsp3) is 0.286. The van der Waals surface area contributed by atoms with Crippen molar-refractivity contribution in [2.24, 2.45) is 5.41 Å². The molecule has 1 heterocycles. The number of ketones is 1. The standard InChI is InChI=1S/C14H16N2O/c1-14(2,3)13(17)9-4-5-10-8-16-12(15)7-11(10)6-9/h4-8H,1-3H3,(H2,15,16). The number of aromatic nitrogens is 1. The zero-order valence-corrected chi connectivity index (χ0v) is 10.3. The molecule has 0 amide bonds. The molecule has 0 saturated carbocycles. The number of hydrogen-bond donors (Lipinski definition) is 1. The quantitative estimate of drug-likeness (QED) is 0.763. The Labute approximate surface area is 101 Å². The SMILES string of the molecule is CC(C)(C)C(=O)c1ccc2cnc(N)cc2c1. The molecule has 0 saturated heterocycles. The summed E-state index contributed by atoms with van der Waals surface area (Å²) in [4.78, 5) is 16.2. The lowest BCUT2D eigenvalue weighted by Crippen LogP contribution is -2.20. The van der Waals surface area contributed by atoms with E-state index >= 15 is 0 Å². The third kappa shape index (κ3) is 2.28. The maximum absolute atomic E-state index is 12.1. The smallest absolute Gasteiger partial charge is 0.168 e. The summed E-state index contributed by atoms with van der Waals surface area (Å²) >= 11 is 0. The Morgan fingerprint density at radius 1 is 1.18 bits per heavy atom. The van der Waals surface area contributed by atoms with Gasteiger partial charge in [-0.3, -0.25) is 4.79 Å². The highest BCUT2D eigenvalue weighted by Gasteiger charge is 2.22. The van der Waals surface area contributed by atoms with E-state index in [2.05, 4.69) is 4.98 Å². The molecule has 0 aliphatic heterocycles. The Balaban J connectivity index is 2.54. The highest BCUT2D eigenvalue weighted by molar-refractivity contribution is 6.02. The van der Waals surface area contributed by atoms with Crippen LogP contribution in [-0.2, 0) is 0 Å². The van der Waals surface area contributed by atoms with Crippen molar-refractivity contribution >= 4 is 22.4 Å². The van der Waals surface area contributed by atoms with Crippen LogP contribution < -0.4 is 5.73 Å². The maximum Gasteiger partial charge on any atom is 0.168 e. The van der Waals surface area contributed by atoms with Gasteiger partial charge in [0.15, 0.2) is 5.78 Å². The minimum Gasteiger partial charge on any atom is -0.384 e. The molecule has 3 nitrogen and oxygen atoms in total. The number of fused-ring (bicyclic) bond motifs is 1. The van der Waals surface area contributed by atoms with E-state index in [-0.39, 0.29) is 11.2 Å². The van der Waals surface area contributed by atoms with Crippen LogP contribution in [0.2, 0.25) is 0 Å². The van der Waals surface area contributed by atoms with Crippen molar-refractivity contribution in [1.82, 2.24) is 4.98 Å². The Morgan fingerprint density at radius 2 is 1.88 bits per heavy atom. The third-order valence-electron chi connectivity index (χ3n) is 2.69. The minimum absolute atomic E-state index is 0.134. The van der Waals surface area contributed by atoms with Gasteiger partial charge in [0.2, 0.25) is 0 Å². The van der Waals surface area contributed by atoms with Gasteiger partial charge in [0.05, 0.1) is 0 Å². The lowest BCUT2D eigenvalue weighted by atomic mass is 9.86. The molecule has 17 heavy (non-hydrogen) atoms. The summed E-state index contributed by atoms with van der Waals surface area (Å²) in [5.41, 5.74) is 5.99. The molecule has 88 valence electrons. The van der Waals surface area contributed by atoms with Crippen LogP contribution in [0.25, 0.3) is 10.8 Å². The van der Waals surface area contributed by atoms with Crippen LogP contribution in [0.3, 0.4) is 0 Å². The Morgan fingerprint density at radius 3 is 2.53 bits per heavy atom. The number of carbonyl (C=O) groups excluding carboxylic acids is 1. The van der Waals surface area contributed by atoms with Crippen molar-refractivity contribution in [2.45, 2.75) is 20.8 Å². The van der Waals surface area contributed by atoms with Crippen LogP contribution in [-0.4, -0.2) is 10.8 Å². The molecule has 0 spiro atoms. The van der Waals surface area contributed by atoms with Gasteiger partial charge in [0.1, 0.15) is 5.82 Å². The molecular weight excluding hydrogens is 212 g/mol. The van der Waals surface area contributed by atoms with Crippen molar-refractivity contribution in [1.29, 1.82) is 0 Å². The van der Waals surface area contributed by atoms with Gasteiger partial charge >= 0.3 is 0 Å². The molecule has 0 aliphatic rings. The Kier molecular flexibility index (Phi) is 2.62. The molecule has 0 aliphatic carbocycles. The molecule has 0 fully saturated rings. The minimum atomic E-state index is -0.369. The summed E-state index contributed by atoms with van der Waals surface area (Å²) in [6, 6.07) is 7.41. The lowest BCUT2D eigenvalue weighted by molar-refractivity contribution is 0.0858. The van der Waals surface area contributed by atoms with Crippen LogP contribution in [0.1, 0.15) is 31.1 Å². The molecular formula is C14H16N2O. The first-order valence-corrected chi connectivity index (χ1v) is 5.58. The van der Waals surface area contributed by atoms with Gasteiger partial charge in [0.25, 0.3) is 0 Å². The summed E-state index contributed by atoms with van der Waals surface area (Å²) in [6.45, 7) is 5.75. The molecule has 0 unspecified atom stereocenters. The van der Waals surface area contributed by atoms with E-state index in [0.29, 0.717) is 5.82 Å². The highest BCUT2D eigenvalue weighted by Crippen LogP contribution is 2.24. The van der Waals surface area contributed by atoms with Crippen LogP contribution in [0.4, 0.5) is 5.82 Å². The van der Waals surface area contributed by atoms with Gasteiger partial charge in [-0.1, -0.05) is 32.9 Å². The van der Waals surface area contributed by atoms with E-state index in [9.17, 15) is 4.79 Å².